The standard InChI is InChI=1S/C15H24N2O2SSi/c1-15(2,3)21(4,5)19-10-8-6-7-9-13-17-12(11-20-13)14(16)18/h11H,6,8,10H2,1-5H3,(H2,16,18). The lowest BCUT2D eigenvalue weighted by Crippen LogP contribution is -2.40. The molecule has 0 aliphatic carbocycles. The molecule has 1 aromatic heterocycles. The first-order valence-electron chi connectivity index (χ1n) is 7.01. The minimum Gasteiger partial charge on any atom is -0.417 e. The molecule has 0 aromatic carbocycles. The average Bonchev–Trinajstić information content (AvgIpc) is 2.81. The van der Waals surface area contributed by atoms with Gasteiger partial charge < -0.3 is 10.2 Å². The van der Waals surface area contributed by atoms with Gasteiger partial charge in [-0.15, -0.1) is 11.3 Å². The van der Waals surface area contributed by atoms with Gasteiger partial charge in [-0.3, -0.25) is 4.79 Å². The summed E-state index contributed by atoms with van der Waals surface area (Å²) in [6.07, 6.45) is 1.67. The fourth-order valence-corrected chi connectivity index (χ4v) is 3.05. The topological polar surface area (TPSA) is 65.2 Å². The van der Waals surface area contributed by atoms with Gasteiger partial charge in [0.25, 0.3) is 5.91 Å². The van der Waals surface area contributed by atoms with Crippen LogP contribution in [0.15, 0.2) is 5.38 Å². The van der Waals surface area contributed by atoms with Crippen molar-refractivity contribution < 1.29 is 9.22 Å². The Morgan fingerprint density at radius 1 is 1.48 bits per heavy atom. The molecule has 0 unspecified atom stereocenters. The van der Waals surface area contributed by atoms with Gasteiger partial charge in [-0.2, -0.15) is 0 Å². The van der Waals surface area contributed by atoms with E-state index >= 15 is 0 Å². The predicted molar refractivity (Wildman–Crippen MR) is 89.9 cm³/mol. The van der Waals surface area contributed by atoms with Crippen LogP contribution >= 0.6 is 11.3 Å². The van der Waals surface area contributed by atoms with Crippen molar-refractivity contribution >= 4 is 25.6 Å². The van der Waals surface area contributed by atoms with Crippen molar-refractivity contribution in [3.63, 3.8) is 0 Å². The maximum absolute atomic E-state index is 10.9. The Kier molecular flexibility index (Phi) is 6.14. The summed E-state index contributed by atoms with van der Waals surface area (Å²) in [5.74, 6) is 5.50. The van der Waals surface area contributed by atoms with E-state index in [9.17, 15) is 4.79 Å². The third-order valence-corrected chi connectivity index (χ3v) is 8.96. The van der Waals surface area contributed by atoms with Crippen LogP contribution in [-0.2, 0) is 4.43 Å². The third-order valence-electron chi connectivity index (χ3n) is 3.67. The highest BCUT2D eigenvalue weighted by molar-refractivity contribution is 7.10. The highest BCUT2D eigenvalue weighted by atomic mass is 32.1. The highest BCUT2D eigenvalue weighted by Crippen LogP contribution is 2.36. The SMILES string of the molecule is CC(C)(C)[Si](C)(C)OCCCC#Cc1nc(C(N)=O)cs1. The number of nitrogens with zero attached hydrogens (tertiary/aromatic N) is 1. The lowest BCUT2D eigenvalue weighted by molar-refractivity contribution is 0.0996. The van der Waals surface area contributed by atoms with Crippen molar-refractivity contribution in [2.24, 2.45) is 5.73 Å². The van der Waals surface area contributed by atoms with Gasteiger partial charge in [-0.1, -0.05) is 26.7 Å². The van der Waals surface area contributed by atoms with Crippen molar-refractivity contribution in [1.29, 1.82) is 0 Å². The number of rotatable bonds is 5. The van der Waals surface area contributed by atoms with Crippen molar-refractivity contribution in [2.45, 2.75) is 51.7 Å². The summed E-state index contributed by atoms with van der Waals surface area (Å²) in [4.78, 5) is 15.0. The van der Waals surface area contributed by atoms with E-state index in [1.807, 2.05) is 0 Å². The van der Waals surface area contributed by atoms with E-state index in [1.165, 1.54) is 11.3 Å². The molecule has 0 radical (unpaired) electrons. The van der Waals surface area contributed by atoms with E-state index in [0.29, 0.717) is 5.01 Å². The molecule has 0 aliphatic rings. The number of hydrogen-bond donors (Lipinski definition) is 1. The third kappa shape index (κ3) is 5.62. The van der Waals surface area contributed by atoms with Crippen LogP contribution in [0.25, 0.3) is 0 Å². The molecule has 0 aliphatic heterocycles. The molecule has 1 amide bonds. The van der Waals surface area contributed by atoms with E-state index in [0.717, 1.165) is 19.4 Å². The number of thiazole rings is 1. The van der Waals surface area contributed by atoms with E-state index in [4.69, 9.17) is 10.2 Å². The number of amides is 1. The zero-order valence-electron chi connectivity index (χ0n) is 13.4. The number of aromatic nitrogens is 1. The summed E-state index contributed by atoms with van der Waals surface area (Å²) < 4.78 is 6.08. The zero-order chi connectivity index (χ0) is 16.1. The number of carbonyl (C=O) groups excluding carboxylic acids is 1. The zero-order valence-corrected chi connectivity index (χ0v) is 15.3. The van der Waals surface area contributed by atoms with Crippen molar-refractivity contribution in [3.8, 4) is 11.8 Å². The van der Waals surface area contributed by atoms with Crippen LogP contribution in [0.1, 0.15) is 49.1 Å². The van der Waals surface area contributed by atoms with Crippen LogP contribution in [0.3, 0.4) is 0 Å². The molecule has 1 heterocycles. The van der Waals surface area contributed by atoms with Crippen molar-refractivity contribution in [3.05, 3.63) is 16.1 Å². The molecule has 0 spiro atoms. The molecule has 0 saturated heterocycles. The minimum atomic E-state index is -1.65. The van der Waals surface area contributed by atoms with Crippen molar-refractivity contribution in [2.75, 3.05) is 6.61 Å². The lowest BCUT2D eigenvalue weighted by Gasteiger charge is -2.36. The molecule has 4 nitrogen and oxygen atoms in total. The molecule has 1 aromatic rings. The minimum absolute atomic E-state index is 0.241. The van der Waals surface area contributed by atoms with E-state index in [-0.39, 0.29) is 10.7 Å². The Morgan fingerprint density at radius 3 is 2.67 bits per heavy atom. The second-order valence-corrected chi connectivity index (χ2v) is 12.1. The molecule has 0 atom stereocenters. The van der Waals surface area contributed by atoms with Gasteiger partial charge in [0.1, 0.15) is 5.69 Å². The quantitative estimate of drug-likeness (QED) is 0.513. The molecule has 0 saturated carbocycles. The van der Waals surface area contributed by atoms with Crippen LogP contribution in [0.2, 0.25) is 18.1 Å². The predicted octanol–water partition coefficient (Wildman–Crippen LogP) is 3.40. The Hall–Kier alpha value is -1.16. The number of hydrogen-bond acceptors (Lipinski definition) is 4. The fourth-order valence-electron chi connectivity index (χ4n) is 1.29. The summed E-state index contributed by atoms with van der Waals surface area (Å²) >= 11 is 1.34. The first-order chi connectivity index (χ1) is 9.63. The largest absolute Gasteiger partial charge is 0.417 e. The van der Waals surface area contributed by atoms with Crippen LogP contribution in [-0.4, -0.2) is 25.8 Å². The number of nitrogens with two attached hydrogens (primary N) is 1. The van der Waals surface area contributed by atoms with Gasteiger partial charge in [0, 0.05) is 18.4 Å². The van der Waals surface area contributed by atoms with Gasteiger partial charge in [-0.05, 0) is 30.5 Å². The van der Waals surface area contributed by atoms with Crippen LogP contribution in [0, 0.1) is 11.8 Å². The molecule has 0 bridgehead atoms. The summed E-state index contributed by atoms with van der Waals surface area (Å²) in [6, 6.07) is 0. The first-order valence-corrected chi connectivity index (χ1v) is 10.8. The lowest BCUT2D eigenvalue weighted by atomic mass is 10.2. The molecule has 1 rings (SSSR count). The smallest absolute Gasteiger partial charge is 0.268 e. The van der Waals surface area contributed by atoms with Crippen LogP contribution < -0.4 is 5.73 Å². The first kappa shape index (κ1) is 17.9. The second-order valence-electron chi connectivity index (χ2n) is 6.42. The van der Waals surface area contributed by atoms with E-state index < -0.39 is 14.2 Å². The Labute approximate surface area is 132 Å². The van der Waals surface area contributed by atoms with E-state index in [1.54, 1.807) is 5.38 Å². The van der Waals surface area contributed by atoms with Crippen LogP contribution in [0.5, 0.6) is 0 Å². The normalized spacial score (nSPS) is 11.9. The van der Waals surface area contributed by atoms with Crippen molar-refractivity contribution in [1.82, 2.24) is 4.98 Å². The Morgan fingerprint density at radius 2 is 2.14 bits per heavy atom. The molecular formula is C15H24N2O2SSi. The number of primary amides is 1. The average molecular weight is 325 g/mol. The van der Waals surface area contributed by atoms with Gasteiger partial charge in [0.05, 0.1) is 0 Å². The molecule has 116 valence electrons. The summed E-state index contributed by atoms with van der Waals surface area (Å²) in [5, 5.41) is 2.51. The van der Waals surface area contributed by atoms with Gasteiger partial charge in [-0.25, -0.2) is 4.98 Å². The number of carbonyl (C=O) groups is 1. The maximum atomic E-state index is 10.9. The molecular weight excluding hydrogens is 300 g/mol. The van der Waals surface area contributed by atoms with Crippen LogP contribution in [0.4, 0.5) is 0 Å². The Balaban J connectivity index is 2.35. The highest BCUT2D eigenvalue weighted by Gasteiger charge is 2.36. The number of unbranched alkanes of at least 4 members (excludes halogenated alkanes) is 1. The summed E-state index contributed by atoms with van der Waals surface area (Å²) in [5.41, 5.74) is 5.42. The molecule has 2 N–H and O–H groups in total. The monoisotopic (exact) mass is 324 g/mol. The summed E-state index contributed by atoms with van der Waals surface area (Å²) in [7, 11) is -1.65. The maximum Gasteiger partial charge on any atom is 0.268 e. The van der Waals surface area contributed by atoms with Gasteiger partial charge in [0.15, 0.2) is 13.3 Å². The van der Waals surface area contributed by atoms with E-state index in [2.05, 4.69) is 50.7 Å². The fraction of sp³-hybridized carbons (Fsp3) is 0.600. The second kappa shape index (κ2) is 7.21. The molecule has 6 heteroatoms. The Bertz CT molecular complexity index is 550. The van der Waals surface area contributed by atoms with Gasteiger partial charge >= 0.3 is 0 Å². The molecule has 21 heavy (non-hydrogen) atoms. The van der Waals surface area contributed by atoms with Gasteiger partial charge in [0.2, 0.25) is 0 Å². The summed E-state index contributed by atoms with van der Waals surface area (Å²) in [6.45, 7) is 11.9. The molecule has 0 fully saturated rings.